The number of carbonyl (C=O) groups excluding carboxylic acids is 2. The minimum atomic E-state index is -0.604. The molecule has 2 aromatic rings. The summed E-state index contributed by atoms with van der Waals surface area (Å²) in [5.74, 6) is -1.18. The first-order chi connectivity index (χ1) is 11.4. The Bertz CT molecular complexity index is 801. The van der Waals surface area contributed by atoms with E-state index in [1.165, 1.54) is 24.3 Å². The van der Waals surface area contributed by atoms with Crippen LogP contribution in [0.1, 0.15) is 21.5 Å². The molecule has 0 aliphatic rings. The van der Waals surface area contributed by atoms with Crippen LogP contribution in [0.15, 0.2) is 42.5 Å². The maximum absolute atomic E-state index is 11.9. The molecule has 0 aliphatic carbocycles. The van der Waals surface area contributed by atoms with Gasteiger partial charge in [0.1, 0.15) is 0 Å². The highest BCUT2D eigenvalue weighted by atomic mass is 16.6. The number of anilines is 1. The number of non-ortho nitro benzene ring substituents is 1. The Labute approximate surface area is 138 Å². The number of esters is 1. The van der Waals surface area contributed by atoms with Gasteiger partial charge in [0.15, 0.2) is 6.61 Å². The highest BCUT2D eigenvalue weighted by Crippen LogP contribution is 2.17. The molecule has 0 aromatic heterocycles. The van der Waals surface area contributed by atoms with Crippen molar-refractivity contribution in [2.24, 2.45) is 0 Å². The number of rotatable bonds is 5. The van der Waals surface area contributed by atoms with Gasteiger partial charge in [0.05, 0.1) is 10.5 Å². The summed E-state index contributed by atoms with van der Waals surface area (Å²) in [6.07, 6.45) is 0. The van der Waals surface area contributed by atoms with Crippen LogP contribution in [0.2, 0.25) is 0 Å². The van der Waals surface area contributed by atoms with Gasteiger partial charge >= 0.3 is 5.97 Å². The predicted octanol–water partition coefficient (Wildman–Crippen LogP) is 3.01. The van der Waals surface area contributed by atoms with Gasteiger partial charge in [0.25, 0.3) is 11.6 Å². The summed E-state index contributed by atoms with van der Waals surface area (Å²) in [6.45, 7) is 3.33. The number of nitrogens with one attached hydrogen (secondary N) is 1. The fourth-order valence-electron chi connectivity index (χ4n) is 1.98. The Hall–Kier alpha value is -3.22. The molecule has 2 aromatic carbocycles. The number of nitro groups is 1. The molecule has 0 spiro atoms. The van der Waals surface area contributed by atoms with Crippen molar-refractivity contribution in [2.45, 2.75) is 13.8 Å². The molecule has 0 unspecified atom stereocenters. The Balaban J connectivity index is 1.93. The average Bonchev–Trinajstić information content (AvgIpc) is 2.55. The van der Waals surface area contributed by atoms with Gasteiger partial charge in [0.2, 0.25) is 0 Å². The third-order valence-corrected chi connectivity index (χ3v) is 3.42. The zero-order valence-corrected chi connectivity index (χ0v) is 13.2. The quantitative estimate of drug-likeness (QED) is 0.517. The van der Waals surface area contributed by atoms with Crippen LogP contribution in [0.3, 0.4) is 0 Å². The standard InChI is InChI=1S/C17H16N2O5/c1-11-6-7-13(8-12(11)2)17(21)24-10-16(20)18-14-4-3-5-15(9-14)19(22)23/h3-9H,10H2,1-2H3,(H,18,20). The van der Waals surface area contributed by atoms with Crippen molar-refractivity contribution in [2.75, 3.05) is 11.9 Å². The number of hydrogen-bond acceptors (Lipinski definition) is 5. The monoisotopic (exact) mass is 328 g/mol. The molecule has 0 fully saturated rings. The number of ether oxygens (including phenoxy) is 1. The molecule has 0 aliphatic heterocycles. The van der Waals surface area contributed by atoms with Crippen molar-refractivity contribution < 1.29 is 19.2 Å². The van der Waals surface area contributed by atoms with Crippen LogP contribution in [0, 0.1) is 24.0 Å². The first-order valence-corrected chi connectivity index (χ1v) is 7.15. The number of nitro benzene ring substituents is 1. The van der Waals surface area contributed by atoms with Crippen LogP contribution in [-0.4, -0.2) is 23.4 Å². The van der Waals surface area contributed by atoms with Crippen LogP contribution in [-0.2, 0) is 9.53 Å². The molecule has 0 bridgehead atoms. The Kier molecular flexibility index (Phi) is 5.26. The second-order valence-electron chi connectivity index (χ2n) is 5.23. The van der Waals surface area contributed by atoms with E-state index < -0.39 is 23.4 Å². The molecular weight excluding hydrogens is 312 g/mol. The van der Waals surface area contributed by atoms with Crippen LogP contribution in [0.25, 0.3) is 0 Å². The largest absolute Gasteiger partial charge is 0.452 e. The third kappa shape index (κ3) is 4.39. The second-order valence-corrected chi connectivity index (χ2v) is 5.23. The molecule has 0 atom stereocenters. The zero-order chi connectivity index (χ0) is 17.7. The van der Waals surface area contributed by atoms with Crippen LogP contribution in [0.4, 0.5) is 11.4 Å². The van der Waals surface area contributed by atoms with E-state index in [1.807, 2.05) is 13.8 Å². The fourth-order valence-corrected chi connectivity index (χ4v) is 1.98. The summed E-state index contributed by atoms with van der Waals surface area (Å²) in [7, 11) is 0. The molecule has 7 heteroatoms. The molecular formula is C17H16N2O5. The lowest BCUT2D eigenvalue weighted by Gasteiger charge is -2.08. The predicted molar refractivity (Wildman–Crippen MR) is 87.9 cm³/mol. The van der Waals surface area contributed by atoms with Gasteiger partial charge in [-0.05, 0) is 43.2 Å². The Morgan fingerprint density at radius 3 is 2.54 bits per heavy atom. The van der Waals surface area contributed by atoms with Gasteiger partial charge in [-0.25, -0.2) is 4.79 Å². The van der Waals surface area contributed by atoms with Gasteiger partial charge in [-0.3, -0.25) is 14.9 Å². The summed E-state index contributed by atoms with van der Waals surface area (Å²) in [4.78, 5) is 33.8. The van der Waals surface area contributed by atoms with Crippen LogP contribution < -0.4 is 5.32 Å². The molecule has 0 radical (unpaired) electrons. The molecule has 0 heterocycles. The molecule has 0 saturated carbocycles. The first-order valence-electron chi connectivity index (χ1n) is 7.15. The molecule has 24 heavy (non-hydrogen) atoms. The molecule has 0 saturated heterocycles. The van der Waals surface area contributed by atoms with Gasteiger partial charge in [-0.1, -0.05) is 12.1 Å². The summed E-state index contributed by atoms with van der Waals surface area (Å²) in [5, 5.41) is 13.1. The Morgan fingerprint density at radius 1 is 1.12 bits per heavy atom. The molecule has 124 valence electrons. The lowest BCUT2D eigenvalue weighted by atomic mass is 10.1. The van der Waals surface area contributed by atoms with E-state index in [1.54, 1.807) is 18.2 Å². The summed E-state index contributed by atoms with van der Waals surface area (Å²) in [6, 6.07) is 10.6. The first kappa shape index (κ1) is 17.1. The Morgan fingerprint density at radius 2 is 1.88 bits per heavy atom. The van der Waals surface area contributed by atoms with Crippen LogP contribution in [0.5, 0.6) is 0 Å². The van der Waals surface area contributed by atoms with Crippen LogP contribution >= 0.6 is 0 Å². The number of benzene rings is 2. The van der Waals surface area contributed by atoms with Gasteiger partial charge in [-0.2, -0.15) is 0 Å². The molecule has 7 nitrogen and oxygen atoms in total. The summed E-state index contributed by atoms with van der Waals surface area (Å²) < 4.78 is 4.95. The van der Waals surface area contributed by atoms with Gasteiger partial charge in [0, 0.05) is 17.8 Å². The summed E-state index contributed by atoms with van der Waals surface area (Å²) >= 11 is 0. The van der Waals surface area contributed by atoms with E-state index in [0.29, 0.717) is 5.56 Å². The number of amides is 1. The highest BCUT2D eigenvalue weighted by molar-refractivity contribution is 5.95. The third-order valence-electron chi connectivity index (χ3n) is 3.42. The minimum absolute atomic E-state index is 0.139. The second kappa shape index (κ2) is 7.36. The number of hydrogen-bond donors (Lipinski definition) is 1. The highest BCUT2D eigenvalue weighted by Gasteiger charge is 2.12. The van der Waals surface area contributed by atoms with E-state index in [2.05, 4.69) is 5.32 Å². The molecule has 1 amide bonds. The lowest BCUT2D eigenvalue weighted by molar-refractivity contribution is -0.384. The van der Waals surface area contributed by atoms with E-state index in [-0.39, 0.29) is 11.4 Å². The SMILES string of the molecule is Cc1ccc(C(=O)OCC(=O)Nc2cccc([N+](=O)[O-])c2)cc1C. The van der Waals surface area contributed by atoms with Crippen molar-refractivity contribution in [1.82, 2.24) is 0 Å². The minimum Gasteiger partial charge on any atom is -0.452 e. The zero-order valence-electron chi connectivity index (χ0n) is 13.2. The van der Waals surface area contributed by atoms with Crippen molar-refractivity contribution in [3.63, 3.8) is 0 Å². The van der Waals surface area contributed by atoms with Crippen molar-refractivity contribution in [3.8, 4) is 0 Å². The van der Waals surface area contributed by atoms with E-state index in [4.69, 9.17) is 4.74 Å². The maximum Gasteiger partial charge on any atom is 0.338 e. The van der Waals surface area contributed by atoms with Crippen molar-refractivity contribution in [3.05, 3.63) is 69.3 Å². The number of aryl methyl sites for hydroxylation is 2. The number of carbonyl (C=O) groups is 2. The lowest BCUT2D eigenvalue weighted by Crippen LogP contribution is -2.21. The van der Waals surface area contributed by atoms with Crippen molar-refractivity contribution >= 4 is 23.3 Å². The van der Waals surface area contributed by atoms with Crippen molar-refractivity contribution in [1.29, 1.82) is 0 Å². The smallest absolute Gasteiger partial charge is 0.338 e. The molecule has 2 rings (SSSR count). The normalized spacial score (nSPS) is 10.1. The van der Waals surface area contributed by atoms with E-state index >= 15 is 0 Å². The van der Waals surface area contributed by atoms with Gasteiger partial charge in [-0.15, -0.1) is 0 Å². The number of nitrogens with zero attached hydrogens (tertiary/aromatic N) is 1. The fraction of sp³-hybridized carbons (Fsp3) is 0.176. The van der Waals surface area contributed by atoms with E-state index in [9.17, 15) is 19.7 Å². The van der Waals surface area contributed by atoms with E-state index in [0.717, 1.165) is 11.1 Å². The average molecular weight is 328 g/mol. The molecule has 1 N–H and O–H groups in total. The maximum atomic E-state index is 11.9. The topological polar surface area (TPSA) is 98.5 Å². The summed E-state index contributed by atoms with van der Waals surface area (Å²) in [5.41, 5.74) is 2.48. The van der Waals surface area contributed by atoms with Gasteiger partial charge < -0.3 is 10.1 Å².